The van der Waals surface area contributed by atoms with Crippen LogP contribution in [0.3, 0.4) is 0 Å². The van der Waals surface area contributed by atoms with Gasteiger partial charge in [-0.25, -0.2) is 0 Å². The molecule has 0 spiro atoms. The molecule has 5 nitrogen and oxygen atoms in total. The molecule has 1 aliphatic rings. The monoisotopic (exact) mass is 375 g/mol. The molecule has 1 amide bonds. The summed E-state index contributed by atoms with van der Waals surface area (Å²) in [6, 6.07) is 12.4. The van der Waals surface area contributed by atoms with Crippen molar-refractivity contribution in [1.29, 1.82) is 0 Å². The SMILES string of the molecule is Cc1ccc(C)c(CN2C(=O)CCC2c2nc(-c3cc(C)ccc3C)no2)c1. The van der Waals surface area contributed by atoms with Gasteiger partial charge in [-0.2, -0.15) is 4.98 Å². The van der Waals surface area contributed by atoms with Crippen LogP contribution < -0.4 is 0 Å². The first kappa shape index (κ1) is 18.4. The van der Waals surface area contributed by atoms with Crippen molar-refractivity contribution in [3.8, 4) is 11.4 Å². The number of amides is 1. The Morgan fingerprint density at radius 3 is 2.54 bits per heavy atom. The van der Waals surface area contributed by atoms with E-state index in [9.17, 15) is 4.79 Å². The van der Waals surface area contributed by atoms with Crippen LogP contribution in [0.15, 0.2) is 40.9 Å². The highest BCUT2D eigenvalue weighted by atomic mass is 16.5. The number of carbonyl (C=O) groups is 1. The van der Waals surface area contributed by atoms with Gasteiger partial charge in [-0.15, -0.1) is 0 Å². The number of carbonyl (C=O) groups excluding carboxylic acids is 1. The van der Waals surface area contributed by atoms with E-state index in [1.54, 1.807) is 0 Å². The van der Waals surface area contributed by atoms with Gasteiger partial charge in [0.25, 0.3) is 0 Å². The Kier molecular flexibility index (Phi) is 4.75. The van der Waals surface area contributed by atoms with Crippen LogP contribution in [0.4, 0.5) is 0 Å². The van der Waals surface area contributed by atoms with Crippen LogP contribution in [0.2, 0.25) is 0 Å². The van der Waals surface area contributed by atoms with Crippen molar-refractivity contribution in [1.82, 2.24) is 15.0 Å². The van der Waals surface area contributed by atoms with Gasteiger partial charge in [0.1, 0.15) is 6.04 Å². The Balaban J connectivity index is 1.63. The molecule has 4 rings (SSSR count). The standard InChI is InChI=1S/C23H25N3O2/c1-14-5-7-16(3)18(11-14)13-26-20(9-10-21(26)27)23-24-22(25-28-23)19-12-15(2)6-8-17(19)4/h5-8,11-12,20H,9-10,13H2,1-4H3. The third-order valence-corrected chi connectivity index (χ3v) is 5.53. The van der Waals surface area contributed by atoms with Crippen LogP contribution in [0, 0.1) is 27.7 Å². The summed E-state index contributed by atoms with van der Waals surface area (Å²) in [6.07, 6.45) is 1.22. The summed E-state index contributed by atoms with van der Waals surface area (Å²) in [7, 11) is 0. The van der Waals surface area contributed by atoms with E-state index in [0.717, 1.165) is 22.3 Å². The van der Waals surface area contributed by atoms with Gasteiger partial charge < -0.3 is 9.42 Å². The molecule has 0 N–H and O–H groups in total. The molecule has 5 heteroatoms. The normalized spacial score (nSPS) is 16.8. The number of aryl methyl sites for hydroxylation is 4. The number of likely N-dealkylation sites (tertiary alicyclic amines) is 1. The van der Waals surface area contributed by atoms with Crippen LogP contribution >= 0.6 is 0 Å². The first-order chi connectivity index (χ1) is 13.4. The molecule has 1 aliphatic heterocycles. The maximum absolute atomic E-state index is 12.6. The number of hydrogen-bond acceptors (Lipinski definition) is 4. The molecule has 144 valence electrons. The number of rotatable bonds is 4. The molecule has 28 heavy (non-hydrogen) atoms. The number of aromatic nitrogens is 2. The van der Waals surface area contributed by atoms with Gasteiger partial charge in [0.15, 0.2) is 0 Å². The summed E-state index contributed by atoms with van der Waals surface area (Å²) in [5, 5.41) is 4.21. The van der Waals surface area contributed by atoms with E-state index < -0.39 is 0 Å². The van der Waals surface area contributed by atoms with Gasteiger partial charge in [0.2, 0.25) is 17.6 Å². The largest absolute Gasteiger partial charge is 0.337 e. The predicted octanol–water partition coefficient (Wildman–Crippen LogP) is 4.83. The highest BCUT2D eigenvalue weighted by molar-refractivity contribution is 5.79. The molecule has 0 bridgehead atoms. The van der Waals surface area contributed by atoms with Crippen molar-refractivity contribution in [2.45, 2.75) is 53.1 Å². The average Bonchev–Trinajstić information content (AvgIpc) is 3.28. The summed E-state index contributed by atoms with van der Waals surface area (Å²) in [6.45, 7) is 8.80. The first-order valence-corrected chi connectivity index (χ1v) is 9.69. The molecule has 3 aromatic rings. The summed E-state index contributed by atoms with van der Waals surface area (Å²) < 4.78 is 5.61. The number of nitrogens with zero attached hydrogens (tertiary/aromatic N) is 3. The van der Waals surface area contributed by atoms with Gasteiger partial charge >= 0.3 is 0 Å². The lowest BCUT2D eigenvalue weighted by molar-refractivity contribution is -0.130. The van der Waals surface area contributed by atoms with Crippen molar-refractivity contribution >= 4 is 5.91 Å². The third-order valence-electron chi connectivity index (χ3n) is 5.53. The number of benzene rings is 2. The zero-order valence-electron chi connectivity index (χ0n) is 16.8. The van der Waals surface area contributed by atoms with Crippen molar-refractivity contribution in [2.24, 2.45) is 0 Å². The van der Waals surface area contributed by atoms with Crippen LogP contribution in [0.25, 0.3) is 11.4 Å². The minimum absolute atomic E-state index is 0.136. The molecule has 0 radical (unpaired) electrons. The molecule has 1 unspecified atom stereocenters. The van der Waals surface area contributed by atoms with Crippen LogP contribution in [-0.2, 0) is 11.3 Å². The van der Waals surface area contributed by atoms with Crippen molar-refractivity contribution in [2.75, 3.05) is 0 Å². The van der Waals surface area contributed by atoms with Gasteiger partial charge in [0.05, 0.1) is 0 Å². The molecule has 1 fully saturated rings. The van der Waals surface area contributed by atoms with Gasteiger partial charge in [-0.1, -0.05) is 46.6 Å². The van der Waals surface area contributed by atoms with Crippen LogP contribution in [-0.4, -0.2) is 20.9 Å². The fraction of sp³-hybridized carbons (Fsp3) is 0.348. The van der Waals surface area contributed by atoms with Crippen LogP contribution in [0.5, 0.6) is 0 Å². The quantitative estimate of drug-likeness (QED) is 0.655. The lowest BCUT2D eigenvalue weighted by Gasteiger charge is -2.23. The molecule has 0 saturated carbocycles. The Labute approximate surface area is 165 Å². The smallest absolute Gasteiger partial charge is 0.249 e. The highest BCUT2D eigenvalue weighted by Crippen LogP contribution is 2.35. The van der Waals surface area contributed by atoms with Crippen LogP contribution in [0.1, 0.15) is 52.6 Å². The third kappa shape index (κ3) is 3.44. The van der Waals surface area contributed by atoms with E-state index in [1.807, 2.05) is 18.7 Å². The molecular weight excluding hydrogens is 350 g/mol. The van der Waals surface area contributed by atoms with E-state index in [-0.39, 0.29) is 11.9 Å². The summed E-state index contributed by atoms with van der Waals surface area (Å²) in [5.74, 6) is 1.24. The highest BCUT2D eigenvalue weighted by Gasteiger charge is 2.36. The second kappa shape index (κ2) is 7.23. The van der Waals surface area contributed by atoms with Gasteiger partial charge in [0, 0.05) is 18.5 Å². The molecule has 2 aromatic carbocycles. The maximum atomic E-state index is 12.6. The fourth-order valence-corrected chi connectivity index (χ4v) is 3.80. The topological polar surface area (TPSA) is 59.2 Å². The molecule has 1 aromatic heterocycles. The molecule has 2 heterocycles. The lowest BCUT2D eigenvalue weighted by Crippen LogP contribution is -2.27. The molecular formula is C23H25N3O2. The van der Waals surface area contributed by atoms with Gasteiger partial charge in [-0.05, 0) is 56.9 Å². The second-order valence-corrected chi connectivity index (χ2v) is 7.78. The summed E-state index contributed by atoms with van der Waals surface area (Å²) in [5.41, 5.74) is 6.77. The van der Waals surface area contributed by atoms with Crippen molar-refractivity contribution in [3.05, 3.63) is 70.1 Å². The predicted molar refractivity (Wildman–Crippen MR) is 108 cm³/mol. The number of hydrogen-bond donors (Lipinski definition) is 0. The molecule has 1 saturated heterocycles. The zero-order chi connectivity index (χ0) is 19.8. The summed E-state index contributed by atoms with van der Waals surface area (Å²) >= 11 is 0. The summed E-state index contributed by atoms with van der Waals surface area (Å²) in [4.78, 5) is 19.1. The Morgan fingerprint density at radius 2 is 1.75 bits per heavy atom. The Hall–Kier alpha value is -2.95. The van der Waals surface area contributed by atoms with E-state index in [1.165, 1.54) is 11.1 Å². The minimum atomic E-state index is -0.168. The Bertz CT molecular complexity index is 1040. The van der Waals surface area contributed by atoms with Crippen molar-refractivity contribution in [3.63, 3.8) is 0 Å². The average molecular weight is 375 g/mol. The first-order valence-electron chi connectivity index (χ1n) is 9.69. The van der Waals surface area contributed by atoms with E-state index in [4.69, 9.17) is 4.52 Å². The Morgan fingerprint density at radius 1 is 1.04 bits per heavy atom. The van der Waals surface area contributed by atoms with E-state index >= 15 is 0 Å². The minimum Gasteiger partial charge on any atom is -0.337 e. The lowest BCUT2D eigenvalue weighted by atomic mass is 10.0. The molecule has 0 aliphatic carbocycles. The van der Waals surface area contributed by atoms with E-state index in [0.29, 0.717) is 31.1 Å². The van der Waals surface area contributed by atoms with Gasteiger partial charge in [-0.3, -0.25) is 4.79 Å². The molecule has 1 atom stereocenters. The van der Waals surface area contributed by atoms with E-state index in [2.05, 4.69) is 60.4 Å². The maximum Gasteiger partial charge on any atom is 0.249 e. The fourth-order valence-electron chi connectivity index (χ4n) is 3.80. The van der Waals surface area contributed by atoms with Crippen molar-refractivity contribution < 1.29 is 9.32 Å². The zero-order valence-corrected chi connectivity index (χ0v) is 16.8. The second-order valence-electron chi connectivity index (χ2n) is 7.78.